The number of nitrogens with zero attached hydrogens (tertiary/aromatic N) is 1. The third kappa shape index (κ3) is 2.87. The predicted octanol–water partition coefficient (Wildman–Crippen LogP) is 0.292. The van der Waals surface area contributed by atoms with Gasteiger partial charge in [0.1, 0.15) is 0 Å². The average molecular weight is 335 g/mol. The predicted molar refractivity (Wildman–Crippen MR) is 86.9 cm³/mol. The first-order valence-corrected chi connectivity index (χ1v) is 8.80. The first kappa shape index (κ1) is 15.7. The maximum absolute atomic E-state index is 12.7. The quantitative estimate of drug-likeness (QED) is 0.842. The number of hydrogen-bond donors (Lipinski definition) is 2. The van der Waals surface area contributed by atoms with Gasteiger partial charge in [0.15, 0.2) is 0 Å². The van der Waals surface area contributed by atoms with Crippen molar-refractivity contribution in [2.45, 2.75) is 11.7 Å². The molecular weight excluding hydrogens is 318 g/mol. The third-order valence-electron chi connectivity index (χ3n) is 4.14. The van der Waals surface area contributed by atoms with Crippen molar-refractivity contribution in [3.8, 4) is 0 Å². The van der Waals surface area contributed by atoms with Crippen molar-refractivity contribution >= 4 is 26.8 Å². The van der Waals surface area contributed by atoms with Gasteiger partial charge in [-0.15, -0.1) is 0 Å². The highest BCUT2D eigenvalue weighted by atomic mass is 32.2. The number of sulfonamides is 1. The van der Waals surface area contributed by atoms with E-state index in [0.29, 0.717) is 29.4 Å². The Labute approximate surface area is 133 Å². The summed E-state index contributed by atoms with van der Waals surface area (Å²) in [5.41, 5.74) is 0.527. The molecule has 1 saturated heterocycles. The fraction of sp³-hybridized carbons (Fsp3) is 0.333. The number of aromatic amines is 1. The lowest BCUT2D eigenvalue weighted by Gasteiger charge is -2.17. The zero-order valence-corrected chi connectivity index (χ0v) is 13.4. The van der Waals surface area contributed by atoms with Crippen LogP contribution in [0, 0.1) is 0 Å². The highest BCUT2D eigenvalue weighted by molar-refractivity contribution is 7.90. The van der Waals surface area contributed by atoms with Crippen LogP contribution in [0.25, 0.3) is 10.9 Å². The van der Waals surface area contributed by atoms with E-state index < -0.39 is 15.3 Å². The van der Waals surface area contributed by atoms with Crippen molar-refractivity contribution in [3.63, 3.8) is 0 Å². The highest BCUT2D eigenvalue weighted by Crippen LogP contribution is 2.21. The Balaban J connectivity index is 1.95. The number of para-hydroxylation sites is 1. The minimum Gasteiger partial charge on any atom is -0.337 e. The van der Waals surface area contributed by atoms with Crippen LogP contribution >= 0.6 is 0 Å². The second-order valence-electron chi connectivity index (χ2n) is 5.50. The Kier molecular flexibility index (Phi) is 3.95. The number of aromatic nitrogens is 1. The van der Waals surface area contributed by atoms with E-state index >= 15 is 0 Å². The van der Waals surface area contributed by atoms with Gasteiger partial charge in [0.2, 0.25) is 15.6 Å². The van der Waals surface area contributed by atoms with Gasteiger partial charge in [-0.05, 0) is 19.5 Å². The van der Waals surface area contributed by atoms with Gasteiger partial charge in [-0.25, -0.2) is 13.1 Å². The summed E-state index contributed by atoms with van der Waals surface area (Å²) in [5, 5.41) is 0.0294. The number of likely N-dealkylation sites (tertiary alicyclic amines) is 1. The Morgan fingerprint density at radius 3 is 2.83 bits per heavy atom. The Hall–Kier alpha value is -2.19. The number of fused-ring (bicyclic) bond motifs is 1. The molecule has 1 atom stereocenters. The lowest BCUT2D eigenvalue weighted by Crippen LogP contribution is -2.36. The number of pyridine rings is 1. The van der Waals surface area contributed by atoms with Crippen LogP contribution in [0.15, 0.2) is 35.1 Å². The number of carbonyl (C=O) groups excluding carboxylic acids is 1. The molecule has 3 rings (SSSR count). The van der Waals surface area contributed by atoms with Crippen LogP contribution in [-0.2, 0) is 10.0 Å². The van der Waals surface area contributed by atoms with Gasteiger partial charge in [-0.1, -0.05) is 18.2 Å². The van der Waals surface area contributed by atoms with Gasteiger partial charge < -0.3 is 9.88 Å². The van der Waals surface area contributed by atoms with Crippen LogP contribution in [0.3, 0.4) is 0 Å². The summed E-state index contributed by atoms with van der Waals surface area (Å²) >= 11 is 0. The third-order valence-corrected chi connectivity index (χ3v) is 5.97. The monoisotopic (exact) mass is 335 g/mol. The number of carbonyl (C=O) groups is 1. The van der Waals surface area contributed by atoms with Gasteiger partial charge in [0.05, 0.1) is 10.8 Å². The van der Waals surface area contributed by atoms with Gasteiger partial charge in [-0.2, -0.15) is 0 Å². The molecule has 23 heavy (non-hydrogen) atoms. The van der Waals surface area contributed by atoms with Crippen LogP contribution in [0.5, 0.6) is 0 Å². The minimum absolute atomic E-state index is 0.128. The van der Waals surface area contributed by atoms with Crippen molar-refractivity contribution < 1.29 is 13.2 Å². The molecule has 122 valence electrons. The van der Waals surface area contributed by atoms with Crippen molar-refractivity contribution in [2.75, 3.05) is 20.1 Å². The standard InChI is InChI=1S/C15H17N3O4S/c1-16-23(21,22)10-6-7-18(9-10)15(20)12-8-14(19)17-13-5-3-2-4-11(12)13/h2-5,8,10,16H,6-7,9H2,1H3,(H,17,19). The molecule has 0 spiro atoms. The van der Waals surface area contributed by atoms with Crippen LogP contribution in [-0.4, -0.2) is 49.6 Å². The molecule has 1 aromatic carbocycles. The molecule has 1 unspecified atom stereocenters. The van der Waals surface area contributed by atoms with Gasteiger partial charge in [-0.3, -0.25) is 9.59 Å². The fourth-order valence-electron chi connectivity index (χ4n) is 2.88. The molecule has 0 radical (unpaired) electrons. The molecule has 2 aromatic rings. The lowest BCUT2D eigenvalue weighted by atomic mass is 10.1. The summed E-state index contributed by atoms with van der Waals surface area (Å²) in [6.45, 7) is 0.481. The lowest BCUT2D eigenvalue weighted by molar-refractivity contribution is 0.0795. The first-order valence-electron chi connectivity index (χ1n) is 7.26. The maximum atomic E-state index is 12.7. The van der Waals surface area contributed by atoms with Gasteiger partial charge in [0.25, 0.3) is 5.91 Å². The highest BCUT2D eigenvalue weighted by Gasteiger charge is 2.35. The van der Waals surface area contributed by atoms with Gasteiger partial charge in [0, 0.05) is 30.1 Å². The number of H-pyrrole nitrogens is 1. The zero-order chi connectivity index (χ0) is 16.6. The van der Waals surface area contributed by atoms with E-state index in [-0.39, 0.29) is 18.0 Å². The van der Waals surface area contributed by atoms with E-state index in [1.165, 1.54) is 18.0 Å². The summed E-state index contributed by atoms with van der Waals surface area (Å²) in [6.07, 6.45) is 0.385. The molecular formula is C15H17N3O4S. The molecule has 1 amide bonds. The molecule has 0 bridgehead atoms. The fourth-order valence-corrected chi connectivity index (χ4v) is 4.01. The maximum Gasteiger partial charge on any atom is 0.254 e. The second kappa shape index (κ2) is 5.78. The van der Waals surface area contributed by atoms with Crippen LogP contribution in [0.4, 0.5) is 0 Å². The molecule has 1 aromatic heterocycles. The molecule has 1 aliphatic heterocycles. The summed E-state index contributed by atoms with van der Waals surface area (Å²) in [6, 6.07) is 8.32. The molecule has 1 fully saturated rings. The van der Waals surface area contributed by atoms with Gasteiger partial charge >= 0.3 is 0 Å². The van der Waals surface area contributed by atoms with E-state index in [9.17, 15) is 18.0 Å². The number of benzene rings is 1. The number of hydrogen-bond acceptors (Lipinski definition) is 4. The average Bonchev–Trinajstić information content (AvgIpc) is 3.04. The Morgan fingerprint density at radius 2 is 2.09 bits per heavy atom. The zero-order valence-electron chi connectivity index (χ0n) is 12.6. The summed E-state index contributed by atoms with van der Waals surface area (Å²) < 4.78 is 26.0. The van der Waals surface area contributed by atoms with Crippen molar-refractivity contribution in [1.29, 1.82) is 0 Å². The molecule has 1 aliphatic rings. The summed E-state index contributed by atoms with van der Waals surface area (Å²) in [5.74, 6) is -0.318. The van der Waals surface area contributed by atoms with E-state index in [2.05, 4.69) is 9.71 Å². The van der Waals surface area contributed by atoms with E-state index in [1.54, 1.807) is 24.3 Å². The Bertz CT molecular complexity index is 920. The van der Waals surface area contributed by atoms with Crippen molar-refractivity contribution in [1.82, 2.24) is 14.6 Å². The second-order valence-corrected chi connectivity index (χ2v) is 7.67. The van der Waals surface area contributed by atoms with E-state index in [1.807, 2.05) is 0 Å². The molecule has 0 saturated carbocycles. The largest absolute Gasteiger partial charge is 0.337 e. The normalized spacial score (nSPS) is 18.5. The molecule has 7 nitrogen and oxygen atoms in total. The number of nitrogens with one attached hydrogen (secondary N) is 2. The van der Waals surface area contributed by atoms with Crippen molar-refractivity contribution in [2.24, 2.45) is 0 Å². The van der Waals surface area contributed by atoms with Crippen LogP contribution in [0.2, 0.25) is 0 Å². The molecule has 2 N–H and O–H groups in total. The minimum atomic E-state index is -3.41. The summed E-state index contributed by atoms with van der Waals surface area (Å²) in [4.78, 5) is 28.7. The van der Waals surface area contributed by atoms with Crippen LogP contribution < -0.4 is 10.3 Å². The smallest absolute Gasteiger partial charge is 0.254 e. The first-order chi connectivity index (χ1) is 10.9. The van der Waals surface area contributed by atoms with Crippen molar-refractivity contribution in [3.05, 3.63) is 46.2 Å². The van der Waals surface area contributed by atoms with E-state index in [4.69, 9.17) is 0 Å². The molecule has 0 aliphatic carbocycles. The van der Waals surface area contributed by atoms with E-state index in [0.717, 1.165) is 0 Å². The number of rotatable bonds is 3. The summed E-state index contributed by atoms with van der Waals surface area (Å²) in [7, 11) is -2.04. The number of amides is 1. The Morgan fingerprint density at radius 1 is 1.35 bits per heavy atom. The molecule has 2 heterocycles. The SMILES string of the molecule is CNS(=O)(=O)C1CCN(C(=O)c2cc(=O)[nH]c3ccccc23)C1. The van der Waals surface area contributed by atoms with Crippen LogP contribution in [0.1, 0.15) is 16.8 Å². The molecule has 8 heteroatoms. The topological polar surface area (TPSA) is 99.3 Å².